The molecule has 1 heterocycles. The summed E-state index contributed by atoms with van der Waals surface area (Å²) in [4.78, 5) is 11.8. The van der Waals surface area contributed by atoms with E-state index < -0.39 is 0 Å². The van der Waals surface area contributed by atoms with Crippen molar-refractivity contribution in [1.29, 1.82) is 0 Å². The number of para-hydroxylation sites is 1. The van der Waals surface area contributed by atoms with Crippen LogP contribution in [-0.4, -0.2) is 12.6 Å². The first-order valence-electron chi connectivity index (χ1n) is 6.52. The Kier molecular flexibility index (Phi) is 3.50. The second kappa shape index (κ2) is 5.61. The minimum atomic E-state index is -0.304. The fraction of sp³-hybridized carbons (Fsp3) is 0.118. The van der Waals surface area contributed by atoms with Crippen LogP contribution < -0.4 is 0 Å². The monoisotopic (exact) mass is 266 g/mol. The second-order valence-corrected chi connectivity index (χ2v) is 4.50. The molecule has 3 rings (SSSR count). The first-order valence-corrected chi connectivity index (χ1v) is 6.52. The molecule has 0 saturated carbocycles. The van der Waals surface area contributed by atoms with Gasteiger partial charge in [-0.15, -0.1) is 0 Å². The zero-order chi connectivity index (χ0) is 13.8. The number of fused-ring (bicyclic) bond motifs is 1. The number of hydrogen-bond acceptors (Lipinski definition) is 3. The van der Waals surface area contributed by atoms with Gasteiger partial charge in [0.05, 0.1) is 12.2 Å². The Morgan fingerprint density at radius 3 is 2.55 bits per heavy atom. The SMILES string of the molecule is O=C(OCCc1cc2ccccc2o1)c1ccccc1. The van der Waals surface area contributed by atoms with E-state index in [1.54, 1.807) is 12.1 Å². The molecule has 0 radical (unpaired) electrons. The predicted octanol–water partition coefficient (Wildman–Crippen LogP) is 3.83. The van der Waals surface area contributed by atoms with E-state index >= 15 is 0 Å². The Morgan fingerprint density at radius 1 is 1.00 bits per heavy atom. The van der Waals surface area contributed by atoms with Crippen LogP contribution in [-0.2, 0) is 11.2 Å². The molecule has 0 unspecified atom stereocenters. The summed E-state index contributed by atoms with van der Waals surface area (Å²) in [5, 5.41) is 1.07. The lowest BCUT2D eigenvalue weighted by Crippen LogP contribution is -2.07. The summed E-state index contributed by atoms with van der Waals surface area (Å²) in [5.74, 6) is 0.522. The van der Waals surface area contributed by atoms with Gasteiger partial charge in [-0.1, -0.05) is 36.4 Å². The number of carbonyl (C=O) groups is 1. The molecule has 0 N–H and O–H groups in total. The van der Waals surface area contributed by atoms with E-state index in [0.29, 0.717) is 18.6 Å². The molecule has 0 saturated heterocycles. The number of esters is 1. The van der Waals surface area contributed by atoms with Gasteiger partial charge in [-0.25, -0.2) is 4.79 Å². The van der Waals surface area contributed by atoms with Gasteiger partial charge in [-0.05, 0) is 24.3 Å². The maximum absolute atomic E-state index is 11.8. The van der Waals surface area contributed by atoms with Crippen molar-refractivity contribution in [2.45, 2.75) is 6.42 Å². The maximum atomic E-state index is 11.8. The van der Waals surface area contributed by atoms with Crippen LogP contribution in [0.4, 0.5) is 0 Å². The first-order chi connectivity index (χ1) is 9.83. The predicted molar refractivity (Wildman–Crippen MR) is 76.6 cm³/mol. The summed E-state index contributed by atoms with van der Waals surface area (Å²) in [7, 11) is 0. The topological polar surface area (TPSA) is 39.4 Å². The number of carbonyl (C=O) groups excluding carboxylic acids is 1. The van der Waals surface area contributed by atoms with Crippen molar-refractivity contribution in [2.75, 3.05) is 6.61 Å². The highest BCUT2D eigenvalue weighted by Crippen LogP contribution is 2.19. The Balaban J connectivity index is 1.58. The van der Waals surface area contributed by atoms with Gasteiger partial charge in [0.1, 0.15) is 11.3 Å². The lowest BCUT2D eigenvalue weighted by atomic mass is 10.2. The summed E-state index contributed by atoms with van der Waals surface area (Å²) in [6.45, 7) is 0.313. The van der Waals surface area contributed by atoms with Crippen molar-refractivity contribution >= 4 is 16.9 Å². The van der Waals surface area contributed by atoms with E-state index in [-0.39, 0.29) is 5.97 Å². The van der Waals surface area contributed by atoms with Crippen LogP contribution in [0.2, 0.25) is 0 Å². The summed E-state index contributed by atoms with van der Waals surface area (Å²) in [6.07, 6.45) is 0.577. The highest BCUT2D eigenvalue weighted by Gasteiger charge is 2.07. The maximum Gasteiger partial charge on any atom is 0.338 e. The summed E-state index contributed by atoms with van der Waals surface area (Å²) < 4.78 is 10.9. The summed E-state index contributed by atoms with van der Waals surface area (Å²) in [5.41, 5.74) is 1.42. The molecule has 0 atom stereocenters. The molecule has 0 aliphatic carbocycles. The third-order valence-corrected chi connectivity index (χ3v) is 3.07. The third-order valence-electron chi connectivity index (χ3n) is 3.07. The molecular weight excluding hydrogens is 252 g/mol. The van der Waals surface area contributed by atoms with Crippen LogP contribution in [0.5, 0.6) is 0 Å². The average molecular weight is 266 g/mol. The number of ether oxygens (including phenoxy) is 1. The molecule has 0 spiro atoms. The molecule has 0 aliphatic heterocycles. The fourth-order valence-corrected chi connectivity index (χ4v) is 2.06. The van der Waals surface area contributed by atoms with Crippen molar-refractivity contribution in [2.24, 2.45) is 0 Å². The number of hydrogen-bond donors (Lipinski definition) is 0. The molecule has 2 aromatic carbocycles. The minimum absolute atomic E-state index is 0.304. The van der Waals surface area contributed by atoms with Crippen molar-refractivity contribution in [1.82, 2.24) is 0 Å². The Bertz CT molecular complexity index is 680. The Labute approximate surface area is 116 Å². The molecule has 0 bridgehead atoms. The minimum Gasteiger partial charge on any atom is -0.462 e. The van der Waals surface area contributed by atoms with Crippen molar-refractivity contribution < 1.29 is 13.9 Å². The summed E-state index contributed by atoms with van der Waals surface area (Å²) in [6, 6.07) is 18.8. The van der Waals surface area contributed by atoms with Gasteiger partial charge in [0.25, 0.3) is 0 Å². The normalized spacial score (nSPS) is 10.6. The van der Waals surface area contributed by atoms with E-state index in [0.717, 1.165) is 16.7 Å². The Morgan fingerprint density at radius 2 is 1.75 bits per heavy atom. The average Bonchev–Trinajstić information content (AvgIpc) is 2.90. The van der Waals surface area contributed by atoms with Crippen LogP contribution in [0.15, 0.2) is 65.1 Å². The molecule has 0 aliphatic rings. The molecule has 100 valence electrons. The van der Waals surface area contributed by atoms with Gasteiger partial charge in [-0.2, -0.15) is 0 Å². The van der Waals surface area contributed by atoms with E-state index in [1.165, 1.54) is 0 Å². The zero-order valence-electron chi connectivity index (χ0n) is 10.9. The van der Waals surface area contributed by atoms with E-state index in [4.69, 9.17) is 9.15 Å². The van der Waals surface area contributed by atoms with Crippen LogP contribution >= 0.6 is 0 Å². The van der Waals surface area contributed by atoms with Gasteiger partial charge < -0.3 is 9.15 Å². The van der Waals surface area contributed by atoms with Crippen molar-refractivity contribution in [3.8, 4) is 0 Å². The van der Waals surface area contributed by atoms with Gasteiger partial charge in [0, 0.05) is 11.8 Å². The number of furan rings is 1. The largest absolute Gasteiger partial charge is 0.462 e. The van der Waals surface area contributed by atoms with Gasteiger partial charge in [0.2, 0.25) is 0 Å². The second-order valence-electron chi connectivity index (χ2n) is 4.50. The highest BCUT2D eigenvalue weighted by molar-refractivity contribution is 5.89. The molecule has 20 heavy (non-hydrogen) atoms. The smallest absolute Gasteiger partial charge is 0.338 e. The fourth-order valence-electron chi connectivity index (χ4n) is 2.06. The van der Waals surface area contributed by atoms with Gasteiger partial charge in [0.15, 0.2) is 0 Å². The Hall–Kier alpha value is -2.55. The van der Waals surface area contributed by atoms with Gasteiger partial charge >= 0.3 is 5.97 Å². The molecule has 0 fully saturated rings. The van der Waals surface area contributed by atoms with E-state index in [9.17, 15) is 4.79 Å². The molecule has 3 aromatic rings. The third kappa shape index (κ3) is 2.72. The van der Waals surface area contributed by atoms with E-state index in [2.05, 4.69) is 0 Å². The lowest BCUT2D eigenvalue weighted by Gasteiger charge is -2.03. The number of rotatable bonds is 4. The first kappa shape index (κ1) is 12.5. The number of benzene rings is 2. The highest BCUT2D eigenvalue weighted by atomic mass is 16.5. The molecular formula is C17H14O3. The van der Waals surface area contributed by atoms with Crippen LogP contribution in [0.1, 0.15) is 16.1 Å². The summed E-state index contributed by atoms with van der Waals surface area (Å²) >= 11 is 0. The molecule has 0 amide bonds. The molecule has 1 aromatic heterocycles. The quantitative estimate of drug-likeness (QED) is 0.674. The van der Waals surface area contributed by atoms with Crippen molar-refractivity contribution in [3.05, 3.63) is 72.0 Å². The zero-order valence-corrected chi connectivity index (χ0v) is 10.9. The lowest BCUT2D eigenvalue weighted by molar-refractivity contribution is 0.0505. The van der Waals surface area contributed by atoms with E-state index in [1.807, 2.05) is 48.5 Å². The van der Waals surface area contributed by atoms with Crippen LogP contribution in [0.3, 0.4) is 0 Å². The van der Waals surface area contributed by atoms with Crippen LogP contribution in [0, 0.1) is 0 Å². The standard InChI is InChI=1S/C17H14O3/c18-17(13-6-2-1-3-7-13)19-11-10-15-12-14-8-4-5-9-16(14)20-15/h1-9,12H,10-11H2. The van der Waals surface area contributed by atoms with Crippen molar-refractivity contribution in [3.63, 3.8) is 0 Å². The van der Waals surface area contributed by atoms with Gasteiger partial charge in [-0.3, -0.25) is 0 Å². The molecule has 3 nitrogen and oxygen atoms in total. The van der Waals surface area contributed by atoms with Crippen LogP contribution in [0.25, 0.3) is 11.0 Å². The molecule has 3 heteroatoms.